The molecule has 1 heterocycles. The number of aromatic nitrogens is 1. The molecule has 0 radical (unpaired) electrons. The maximum absolute atomic E-state index is 8.71. The van der Waals surface area contributed by atoms with E-state index in [0.717, 1.165) is 17.1 Å². The minimum Gasteiger partial charge on any atom is -0.378 e. The Morgan fingerprint density at radius 3 is 2.88 bits per heavy atom. The monoisotopic (exact) mass is 247 g/mol. The molecule has 0 aliphatic heterocycles. The molecular formula is C12H10ClN3O. The average Bonchev–Trinajstić information content (AvgIpc) is 2.73. The van der Waals surface area contributed by atoms with Gasteiger partial charge in [0.2, 0.25) is 0 Å². The van der Waals surface area contributed by atoms with Gasteiger partial charge in [-0.2, -0.15) is 5.26 Å². The highest BCUT2D eigenvalue weighted by atomic mass is 35.5. The Kier molecular flexibility index (Phi) is 3.31. The number of anilines is 1. The van der Waals surface area contributed by atoms with E-state index in [4.69, 9.17) is 21.4 Å². The van der Waals surface area contributed by atoms with E-state index in [-0.39, 0.29) is 0 Å². The molecule has 4 nitrogen and oxygen atoms in total. The van der Waals surface area contributed by atoms with E-state index in [1.54, 1.807) is 18.2 Å². The van der Waals surface area contributed by atoms with Gasteiger partial charge in [-0.1, -0.05) is 16.8 Å². The van der Waals surface area contributed by atoms with Gasteiger partial charge in [-0.05, 0) is 25.1 Å². The Balaban J connectivity index is 2.07. The van der Waals surface area contributed by atoms with E-state index in [0.29, 0.717) is 17.1 Å². The summed E-state index contributed by atoms with van der Waals surface area (Å²) in [6.45, 7) is 2.37. The second-order valence-corrected chi connectivity index (χ2v) is 4.00. The van der Waals surface area contributed by atoms with Crippen LogP contribution >= 0.6 is 11.6 Å². The lowest BCUT2D eigenvalue weighted by Crippen LogP contribution is -2.00. The lowest BCUT2D eigenvalue weighted by Gasteiger charge is -2.06. The van der Waals surface area contributed by atoms with E-state index in [2.05, 4.69) is 10.5 Å². The number of halogens is 1. The fourth-order valence-corrected chi connectivity index (χ4v) is 1.66. The van der Waals surface area contributed by atoms with Crippen molar-refractivity contribution in [1.29, 1.82) is 5.26 Å². The van der Waals surface area contributed by atoms with Crippen LogP contribution in [0.1, 0.15) is 17.0 Å². The van der Waals surface area contributed by atoms with Crippen molar-refractivity contribution in [2.24, 2.45) is 0 Å². The molecule has 0 aliphatic carbocycles. The number of rotatable bonds is 3. The summed E-state index contributed by atoms with van der Waals surface area (Å²) in [6, 6.07) is 8.99. The van der Waals surface area contributed by atoms with Gasteiger partial charge in [-0.15, -0.1) is 0 Å². The zero-order valence-corrected chi connectivity index (χ0v) is 9.95. The van der Waals surface area contributed by atoms with Gasteiger partial charge in [0.25, 0.3) is 0 Å². The fourth-order valence-electron chi connectivity index (χ4n) is 1.42. The molecule has 17 heavy (non-hydrogen) atoms. The second-order valence-electron chi connectivity index (χ2n) is 3.59. The highest BCUT2D eigenvalue weighted by molar-refractivity contribution is 6.33. The normalized spacial score (nSPS) is 9.94. The van der Waals surface area contributed by atoms with E-state index in [1.165, 1.54) is 0 Å². The Labute approximate surface area is 104 Å². The third kappa shape index (κ3) is 2.77. The van der Waals surface area contributed by atoms with Crippen LogP contribution in [0.5, 0.6) is 0 Å². The van der Waals surface area contributed by atoms with Crippen molar-refractivity contribution in [2.75, 3.05) is 5.32 Å². The zero-order valence-electron chi connectivity index (χ0n) is 9.20. The van der Waals surface area contributed by atoms with Gasteiger partial charge in [0.15, 0.2) is 0 Å². The minimum atomic E-state index is 0.518. The summed E-state index contributed by atoms with van der Waals surface area (Å²) in [4.78, 5) is 0. The first kappa shape index (κ1) is 11.5. The highest BCUT2D eigenvalue weighted by Crippen LogP contribution is 2.23. The first-order valence-corrected chi connectivity index (χ1v) is 5.42. The molecule has 1 aromatic heterocycles. The first-order valence-electron chi connectivity index (χ1n) is 5.05. The molecule has 0 fully saturated rings. The van der Waals surface area contributed by atoms with Crippen LogP contribution in [-0.2, 0) is 6.54 Å². The van der Waals surface area contributed by atoms with Gasteiger partial charge in [-0.3, -0.25) is 0 Å². The van der Waals surface area contributed by atoms with Gasteiger partial charge >= 0.3 is 0 Å². The Bertz CT molecular complexity index is 571. The second kappa shape index (κ2) is 4.89. The number of aryl methyl sites for hydroxylation is 1. The molecule has 0 aliphatic rings. The summed E-state index contributed by atoms with van der Waals surface area (Å²) in [6.07, 6.45) is 0. The van der Waals surface area contributed by atoms with Gasteiger partial charge in [0.1, 0.15) is 11.5 Å². The van der Waals surface area contributed by atoms with Crippen molar-refractivity contribution >= 4 is 17.3 Å². The molecule has 0 spiro atoms. The van der Waals surface area contributed by atoms with Crippen molar-refractivity contribution < 1.29 is 4.52 Å². The standard InChI is InChI=1S/C12H10ClN3O/c1-8-4-10(16-17-8)7-15-12-3-2-9(6-14)5-11(12)13/h2-5,15H,7H2,1H3. The van der Waals surface area contributed by atoms with Crippen molar-refractivity contribution in [3.8, 4) is 6.07 Å². The molecule has 1 N–H and O–H groups in total. The predicted molar refractivity (Wildman–Crippen MR) is 64.7 cm³/mol. The smallest absolute Gasteiger partial charge is 0.133 e. The summed E-state index contributed by atoms with van der Waals surface area (Å²) in [5.74, 6) is 0.771. The van der Waals surface area contributed by atoms with Crippen LogP contribution in [0.15, 0.2) is 28.8 Å². The van der Waals surface area contributed by atoms with Crippen molar-refractivity contribution in [3.63, 3.8) is 0 Å². The molecule has 0 atom stereocenters. The molecule has 0 saturated carbocycles. The summed E-state index contributed by atoms with van der Waals surface area (Å²) in [5, 5.41) is 16.2. The molecule has 2 rings (SSSR count). The molecule has 0 unspecified atom stereocenters. The predicted octanol–water partition coefficient (Wildman–Crippen LogP) is 3.12. The highest BCUT2D eigenvalue weighted by Gasteiger charge is 2.03. The molecule has 1 aromatic carbocycles. The molecule has 0 saturated heterocycles. The van der Waals surface area contributed by atoms with Gasteiger partial charge in [-0.25, -0.2) is 0 Å². The van der Waals surface area contributed by atoms with Crippen LogP contribution in [0.25, 0.3) is 0 Å². The van der Waals surface area contributed by atoms with Crippen LogP contribution in [0.4, 0.5) is 5.69 Å². The summed E-state index contributed by atoms with van der Waals surface area (Å²) in [5.41, 5.74) is 2.12. The summed E-state index contributed by atoms with van der Waals surface area (Å²) >= 11 is 6.02. The van der Waals surface area contributed by atoms with Gasteiger partial charge < -0.3 is 9.84 Å². The third-order valence-corrected chi connectivity index (χ3v) is 2.55. The Hall–Kier alpha value is -1.99. The van der Waals surface area contributed by atoms with E-state index >= 15 is 0 Å². The quantitative estimate of drug-likeness (QED) is 0.905. The van der Waals surface area contributed by atoms with Crippen molar-refractivity contribution in [2.45, 2.75) is 13.5 Å². The largest absolute Gasteiger partial charge is 0.378 e. The van der Waals surface area contributed by atoms with E-state index < -0.39 is 0 Å². The molecule has 86 valence electrons. The maximum Gasteiger partial charge on any atom is 0.133 e. The van der Waals surface area contributed by atoms with Crippen LogP contribution in [0.2, 0.25) is 5.02 Å². The average molecular weight is 248 g/mol. The van der Waals surface area contributed by atoms with Crippen LogP contribution in [0.3, 0.4) is 0 Å². The third-order valence-electron chi connectivity index (χ3n) is 2.23. The SMILES string of the molecule is Cc1cc(CNc2ccc(C#N)cc2Cl)no1. The van der Waals surface area contributed by atoms with Crippen LogP contribution in [0, 0.1) is 18.3 Å². The molecular weight excluding hydrogens is 238 g/mol. The maximum atomic E-state index is 8.71. The van der Waals surface area contributed by atoms with Gasteiger partial charge in [0.05, 0.1) is 28.9 Å². The Morgan fingerprint density at radius 1 is 1.47 bits per heavy atom. The molecule has 0 bridgehead atoms. The van der Waals surface area contributed by atoms with Crippen molar-refractivity contribution in [1.82, 2.24) is 5.16 Å². The summed E-state index contributed by atoms with van der Waals surface area (Å²) in [7, 11) is 0. The number of hydrogen-bond acceptors (Lipinski definition) is 4. The van der Waals surface area contributed by atoms with Gasteiger partial charge in [0, 0.05) is 6.07 Å². The minimum absolute atomic E-state index is 0.518. The first-order chi connectivity index (χ1) is 8.19. The van der Waals surface area contributed by atoms with Crippen molar-refractivity contribution in [3.05, 3.63) is 46.3 Å². The number of benzene rings is 1. The van der Waals surface area contributed by atoms with Crippen LogP contribution < -0.4 is 5.32 Å². The molecule has 0 amide bonds. The topological polar surface area (TPSA) is 61.9 Å². The number of hydrogen-bond donors (Lipinski definition) is 1. The molecule has 2 aromatic rings. The number of nitriles is 1. The van der Waals surface area contributed by atoms with E-state index in [9.17, 15) is 0 Å². The Morgan fingerprint density at radius 2 is 2.29 bits per heavy atom. The van der Waals surface area contributed by atoms with E-state index in [1.807, 2.05) is 19.1 Å². The molecule has 5 heteroatoms. The fraction of sp³-hybridized carbons (Fsp3) is 0.167. The lowest BCUT2D eigenvalue weighted by atomic mass is 10.2. The summed E-state index contributed by atoms with van der Waals surface area (Å²) < 4.78 is 4.95. The van der Waals surface area contributed by atoms with Crippen LogP contribution in [-0.4, -0.2) is 5.16 Å². The lowest BCUT2D eigenvalue weighted by molar-refractivity contribution is 0.391. The number of nitrogens with zero attached hydrogens (tertiary/aromatic N) is 2. The number of nitrogens with one attached hydrogen (secondary N) is 1. The zero-order chi connectivity index (χ0) is 12.3.